The van der Waals surface area contributed by atoms with Gasteiger partial charge in [-0.25, -0.2) is 0 Å². The fourth-order valence-corrected chi connectivity index (χ4v) is 4.83. The average molecular weight is 421 g/mol. The molecule has 2 bridgehead atoms. The van der Waals surface area contributed by atoms with Crippen LogP contribution in [0.4, 0.5) is 5.69 Å². The first kappa shape index (κ1) is 19.6. The number of amides is 2. The Balaban J connectivity index is 1.38. The SMILES string of the molecule is COc1cc(NC(=O)C2[C@@H]3C=C[C@]4(CN(Cc5ccncc5)C(=O)[C@H]24)O3)cc(OC)c1. The molecule has 1 aromatic carbocycles. The molecule has 2 saturated heterocycles. The van der Waals surface area contributed by atoms with Gasteiger partial charge in [0.15, 0.2) is 0 Å². The molecule has 0 radical (unpaired) electrons. The predicted octanol–water partition coefficient (Wildman–Crippen LogP) is 2.02. The number of rotatable bonds is 6. The third-order valence-corrected chi connectivity index (χ3v) is 6.22. The zero-order valence-corrected chi connectivity index (χ0v) is 17.3. The zero-order valence-electron chi connectivity index (χ0n) is 17.3. The van der Waals surface area contributed by atoms with Crippen molar-refractivity contribution in [3.05, 3.63) is 60.4 Å². The molecule has 4 atom stereocenters. The molecule has 1 unspecified atom stereocenters. The largest absolute Gasteiger partial charge is 0.497 e. The van der Waals surface area contributed by atoms with Crippen molar-refractivity contribution in [1.29, 1.82) is 0 Å². The van der Waals surface area contributed by atoms with Gasteiger partial charge in [0.2, 0.25) is 11.8 Å². The summed E-state index contributed by atoms with van der Waals surface area (Å²) in [6.07, 6.45) is 6.84. The molecule has 2 aromatic rings. The van der Waals surface area contributed by atoms with Gasteiger partial charge in [0.05, 0.1) is 38.7 Å². The molecular weight excluding hydrogens is 398 g/mol. The van der Waals surface area contributed by atoms with Crippen LogP contribution in [0.1, 0.15) is 5.56 Å². The summed E-state index contributed by atoms with van der Waals surface area (Å²) in [6, 6.07) is 8.92. The number of nitrogens with one attached hydrogen (secondary N) is 1. The first-order valence-corrected chi connectivity index (χ1v) is 10.1. The molecule has 2 amide bonds. The quantitative estimate of drug-likeness (QED) is 0.718. The molecule has 0 saturated carbocycles. The Labute approximate surface area is 179 Å². The van der Waals surface area contributed by atoms with Crippen LogP contribution in [0.3, 0.4) is 0 Å². The van der Waals surface area contributed by atoms with E-state index in [0.717, 1.165) is 5.56 Å². The number of nitrogens with zero attached hydrogens (tertiary/aromatic N) is 2. The second kappa shape index (κ2) is 7.39. The predicted molar refractivity (Wildman–Crippen MR) is 112 cm³/mol. The van der Waals surface area contributed by atoms with Gasteiger partial charge < -0.3 is 24.4 Å². The molecule has 8 heteroatoms. The molecule has 3 aliphatic rings. The molecule has 4 heterocycles. The summed E-state index contributed by atoms with van der Waals surface area (Å²) in [5.74, 6) is -0.331. The summed E-state index contributed by atoms with van der Waals surface area (Å²) in [6.45, 7) is 0.894. The number of carbonyl (C=O) groups excluding carboxylic acids is 2. The number of fused-ring (bicyclic) bond motifs is 1. The number of ether oxygens (including phenoxy) is 3. The van der Waals surface area contributed by atoms with E-state index < -0.39 is 23.5 Å². The van der Waals surface area contributed by atoms with Gasteiger partial charge in [-0.2, -0.15) is 0 Å². The molecule has 1 spiro atoms. The summed E-state index contributed by atoms with van der Waals surface area (Å²) in [5.41, 5.74) is 0.784. The van der Waals surface area contributed by atoms with Gasteiger partial charge in [-0.3, -0.25) is 14.6 Å². The Bertz CT molecular complexity index is 1030. The van der Waals surface area contributed by atoms with E-state index in [4.69, 9.17) is 14.2 Å². The van der Waals surface area contributed by atoms with Crippen molar-refractivity contribution in [2.24, 2.45) is 11.8 Å². The minimum atomic E-state index is -0.747. The van der Waals surface area contributed by atoms with E-state index in [1.807, 2.05) is 24.3 Å². The molecule has 31 heavy (non-hydrogen) atoms. The monoisotopic (exact) mass is 421 g/mol. The number of anilines is 1. The van der Waals surface area contributed by atoms with Crippen molar-refractivity contribution in [2.75, 3.05) is 26.1 Å². The van der Waals surface area contributed by atoms with Gasteiger partial charge >= 0.3 is 0 Å². The summed E-state index contributed by atoms with van der Waals surface area (Å²) >= 11 is 0. The maximum atomic E-state index is 13.3. The van der Waals surface area contributed by atoms with E-state index in [-0.39, 0.29) is 11.8 Å². The normalized spacial score (nSPS) is 28.0. The number of carbonyl (C=O) groups is 2. The van der Waals surface area contributed by atoms with Crippen LogP contribution in [0.2, 0.25) is 0 Å². The van der Waals surface area contributed by atoms with Crippen LogP contribution in [0.15, 0.2) is 54.9 Å². The Hall–Kier alpha value is -3.39. The number of likely N-dealkylation sites (tertiary alicyclic amines) is 1. The molecule has 160 valence electrons. The Morgan fingerprint density at radius 3 is 2.61 bits per heavy atom. The van der Waals surface area contributed by atoms with E-state index in [2.05, 4.69) is 10.3 Å². The minimum Gasteiger partial charge on any atom is -0.497 e. The van der Waals surface area contributed by atoms with Gasteiger partial charge in [-0.1, -0.05) is 12.2 Å². The van der Waals surface area contributed by atoms with E-state index in [1.165, 1.54) is 0 Å². The van der Waals surface area contributed by atoms with Gasteiger partial charge in [-0.05, 0) is 17.7 Å². The highest BCUT2D eigenvalue weighted by atomic mass is 16.5. The summed E-state index contributed by atoms with van der Waals surface area (Å²) in [5, 5.41) is 2.92. The number of methoxy groups -OCH3 is 2. The molecule has 1 N–H and O–H groups in total. The first-order chi connectivity index (χ1) is 15.0. The van der Waals surface area contributed by atoms with Crippen LogP contribution in [-0.4, -0.2) is 54.2 Å². The van der Waals surface area contributed by atoms with Crippen molar-refractivity contribution in [2.45, 2.75) is 18.2 Å². The van der Waals surface area contributed by atoms with Crippen molar-refractivity contribution in [3.8, 4) is 11.5 Å². The topological polar surface area (TPSA) is 90.0 Å². The number of hydrogen-bond acceptors (Lipinski definition) is 6. The van der Waals surface area contributed by atoms with E-state index in [0.29, 0.717) is 30.3 Å². The fraction of sp³-hybridized carbons (Fsp3) is 0.348. The Morgan fingerprint density at radius 1 is 1.23 bits per heavy atom. The van der Waals surface area contributed by atoms with Gasteiger partial charge in [-0.15, -0.1) is 0 Å². The summed E-state index contributed by atoms with van der Waals surface area (Å²) in [7, 11) is 3.10. The lowest BCUT2D eigenvalue weighted by atomic mass is 9.77. The van der Waals surface area contributed by atoms with Crippen LogP contribution in [0, 0.1) is 11.8 Å². The molecular formula is C23H23N3O5. The van der Waals surface area contributed by atoms with Crippen LogP contribution in [0.25, 0.3) is 0 Å². The number of hydrogen-bond donors (Lipinski definition) is 1. The van der Waals surface area contributed by atoms with Crippen molar-refractivity contribution >= 4 is 17.5 Å². The molecule has 1 aromatic heterocycles. The lowest BCUT2D eigenvalue weighted by Gasteiger charge is -2.23. The molecule has 8 nitrogen and oxygen atoms in total. The highest BCUT2D eigenvalue weighted by molar-refractivity contribution is 5.99. The summed E-state index contributed by atoms with van der Waals surface area (Å²) in [4.78, 5) is 32.4. The standard InChI is InChI=1S/C23H23N3O5/c1-29-16-9-15(10-17(11-16)30-2)25-21(27)19-18-3-6-23(31-18)13-26(22(28)20(19)23)12-14-4-7-24-8-5-14/h3-11,18-20H,12-13H2,1-2H3,(H,25,27)/t18-,19?,20-,23+/m0/s1. The van der Waals surface area contributed by atoms with Gasteiger partial charge in [0.25, 0.3) is 0 Å². The zero-order chi connectivity index (χ0) is 21.6. The maximum absolute atomic E-state index is 13.3. The van der Waals surface area contributed by atoms with Gasteiger partial charge in [0.1, 0.15) is 17.1 Å². The third kappa shape index (κ3) is 3.23. The first-order valence-electron chi connectivity index (χ1n) is 10.1. The van der Waals surface area contributed by atoms with E-state index in [1.54, 1.807) is 49.7 Å². The lowest BCUT2D eigenvalue weighted by Crippen LogP contribution is -2.41. The molecule has 2 fully saturated rings. The number of benzene rings is 1. The highest BCUT2D eigenvalue weighted by Crippen LogP contribution is 2.52. The Kier molecular flexibility index (Phi) is 4.66. The Morgan fingerprint density at radius 2 is 1.94 bits per heavy atom. The highest BCUT2D eigenvalue weighted by Gasteiger charge is 2.66. The van der Waals surface area contributed by atoms with E-state index >= 15 is 0 Å². The average Bonchev–Trinajstić information content (AvgIpc) is 3.42. The van der Waals surface area contributed by atoms with Crippen LogP contribution < -0.4 is 14.8 Å². The minimum absolute atomic E-state index is 0.0629. The third-order valence-electron chi connectivity index (χ3n) is 6.22. The maximum Gasteiger partial charge on any atom is 0.231 e. The van der Waals surface area contributed by atoms with Crippen LogP contribution in [0.5, 0.6) is 11.5 Å². The van der Waals surface area contributed by atoms with Crippen molar-refractivity contribution in [1.82, 2.24) is 9.88 Å². The number of pyridine rings is 1. The van der Waals surface area contributed by atoms with Crippen molar-refractivity contribution in [3.63, 3.8) is 0 Å². The molecule has 5 rings (SSSR count). The molecule has 3 aliphatic heterocycles. The number of aromatic nitrogens is 1. The van der Waals surface area contributed by atoms with Gasteiger partial charge in [0, 0.05) is 42.8 Å². The lowest BCUT2D eigenvalue weighted by molar-refractivity contribution is -0.136. The smallest absolute Gasteiger partial charge is 0.231 e. The second-order valence-electron chi connectivity index (χ2n) is 8.04. The molecule has 0 aliphatic carbocycles. The second-order valence-corrected chi connectivity index (χ2v) is 8.04. The van der Waals surface area contributed by atoms with Crippen molar-refractivity contribution < 1.29 is 23.8 Å². The van der Waals surface area contributed by atoms with Crippen LogP contribution >= 0.6 is 0 Å². The fourth-order valence-electron chi connectivity index (χ4n) is 4.83. The summed E-state index contributed by atoms with van der Waals surface area (Å²) < 4.78 is 16.7. The van der Waals surface area contributed by atoms with Crippen LogP contribution in [-0.2, 0) is 20.9 Å². The van der Waals surface area contributed by atoms with E-state index in [9.17, 15) is 9.59 Å².